The van der Waals surface area contributed by atoms with Crippen LogP contribution in [0.25, 0.3) is 12.2 Å². The Balaban J connectivity index is 1.77. The lowest BCUT2D eigenvalue weighted by Crippen LogP contribution is -2.25. The van der Waals surface area contributed by atoms with Crippen LogP contribution in [0.3, 0.4) is 0 Å². The lowest BCUT2D eigenvalue weighted by molar-refractivity contribution is 0.272. The number of rotatable bonds is 9. The second-order valence-corrected chi connectivity index (χ2v) is 7.96. The summed E-state index contributed by atoms with van der Waals surface area (Å²) in [6.45, 7) is 1.52. The van der Waals surface area contributed by atoms with Crippen molar-refractivity contribution in [2.75, 3.05) is 27.2 Å². The Labute approximate surface area is 184 Å². The molecule has 0 aliphatic carbocycles. The molecule has 0 unspecified atom stereocenters. The van der Waals surface area contributed by atoms with Crippen molar-refractivity contribution < 1.29 is 0 Å². The van der Waals surface area contributed by atoms with Crippen molar-refractivity contribution in [1.29, 1.82) is 0 Å². The predicted octanol–water partition coefficient (Wildman–Crippen LogP) is 5.69. The summed E-state index contributed by atoms with van der Waals surface area (Å²) in [5.41, 5.74) is 2.26. The largest absolute Gasteiger partial charge is 0.298 e. The van der Waals surface area contributed by atoms with E-state index in [4.69, 9.17) is 0 Å². The van der Waals surface area contributed by atoms with Crippen LogP contribution in [0.2, 0.25) is 0 Å². The summed E-state index contributed by atoms with van der Waals surface area (Å²) < 4.78 is 1.85. The molecular formula is C22H24Br2N4. The van der Waals surface area contributed by atoms with Gasteiger partial charge in [0.2, 0.25) is 0 Å². The highest BCUT2D eigenvalue weighted by molar-refractivity contribution is 9.12. The number of hydrogen-bond donors (Lipinski definition) is 0. The molecule has 0 aromatic heterocycles. The molecule has 0 N–H and O–H groups in total. The third kappa shape index (κ3) is 9.15. The van der Waals surface area contributed by atoms with E-state index in [1.807, 2.05) is 72.7 Å². The molecule has 28 heavy (non-hydrogen) atoms. The summed E-state index contributed by atoms with van der Waals surface area (Å²) in [4.78, 5) is 0. The van der Waals surface area contributed by atoms with Gasteiger partial charge < -0.3 is 0 Å². The summed E-state index contributed by atoms with van der Waals surface area (Å²) in [6, 6.07) is 20.3. The van der Waals surface area contributed by atoms with Gasteiger partial charge in [0.15, 0.2) is 0 Å². The zero-order valence-electron chi connectivity index (χ0n) is 16.0. The average Bonchev–Trinajstić information content (AvgIpc) is 2.70. The molecule has 6 heteroatoms. The number of hydrogen-bond acceptors (Lipinski definition) is 4. The van der Waals surface area contributed by atoms with E-state index in [2.05, 4.69) is 66.3 Å². The van der Waals surface area contributed by atoms with E-state index in [1.165, 1.54) is 0 Å². The summed E-state index contributed by atoms with van der Waals surface area (Å²) >= 11 is 7.06. The summed E-state index contributed by atoms with van der Waals surface area (Å²) in [7, 11) is 3.89. The highest BCUT2D eigenvalue weighted by Gasteiger charge is 1.98. The number of nitrogens with zero attached hydrogens (tertiary/aromatic N) is 4. The van der Waals surface area contributed by atoms with Crippen molar-refractivity contribution in [2.24, 2.45) is 10.2 Å². The van der Waals surface area contributed by atoms with Gasteiger partial charge in [0.25, 0.3) is 0 Å². The van der Waals surface area contributed by atoms with Crippen LogP contribution in [0.1, 0.15) is 11.1 Å². The van der Waals surface area contributed by atoms with Crippen LogP contribution in [0.15, 0.2) is 79.8 Å². The third-order valence-electron chi connectivity index (χ3n) is 3.71. The minimum Gasteiger partial charge on any atom is -0.298 e. The lowest BCUT2D eigenvalue weighted by atomic mass is 10.2. The van der Waals surface area contributed by atoms with Crippen LogP contribution >= 0.6 is 31.9 Å². The monoisotopic (exact) mass is 502 g/mol. The van der Waals surface area contributed by atoms with E-state index < -0.39 is 0 Å². The van der Waals surface area contributed by atoms with E-state index in [9.17, 15) is 0 Å². The molecule has 0 atom stereocenters. The Hall–Kier alpha value is -2.18. The van der Waals surface area contributed by atoms with Crippen molar-refractivity contribution >= 4 is 56.4 Å². The Morgan fingerprint density at radius 2 is 1.07 bits per heavy atom. The van der Waals surface area contributed by atoms with Gasteiger partial charge in [-0.25, -0.2) is 0 Å². The van der Waals surface area contributed by atoms with Gasteiger partial charge in [0, 0.05) is 23.1 Å². The fourth-order valence-electron chi connectivity index (χ4n) is 2.20. The molecule has 0 saturated heterocycles. The quantitative estimate of drug-likeness (QED) is 0.325. The fraction of sp³-hybridized carbons (Fsp3) is 0.182. The molecule has 0 aliphatic heterocycles. The third-order valence-corrected chi connectivity index (χ3v) is 4.58. The number of allylic oxidation sites excluding steroid dienone is 2. The molecule has 0 saturated carbocycles. The molecule has 2 rings (SSSR count). The van der Waals surface area contributed by atoms with Crippen LogP contribution in [-0.2, 0) is 0 Å². The van der Waals surface area contributed by atoms with Crippen LogP contribution in [0, 0.1) is 0 Å². The van der Waals surface area contributed by atoms with Crippen LogP contribution in [0.4, 0.5) is 0 Å². The maximum absolute atomic E-state index is 4.44. The summed E-state index contributed by atoms with van der Waals surface area (Å²) in [5.74, 6) is 0. The molecule has 0 fully saturated rings. The van der Waals surface area contributed by atoms with Gasteiger partial charge in [0.1, 0.15) is 0 Å². The standard InChI is InChI=1S/C22H24Br2N4/c1-27(25-17-21(23)15-19-9-5-3-6-10-19)13-14-28(2)26-18-22(24)16-20-11-7-4-8-12-20/h3-12,15-18H,13-14H2,1-2H3/b21-15-,22-16+,25-17-,26-18-. The highest BCUT2D eigenvalue weighted by Crippen LogP contribution is 2.11. The zero-order valence-corrected chi connectivity index (χ0v) is 19.2. The van der Waals surface area contributed by atoms with E-state index in [0.29, 0.717) is 0 Å². The Kier molecular flexibility index (Phi) is 9.72. The first-order valence-corrected chi connectivity index (χ1v) is 10.5. The Bertz CT molecular complexity index is 759. The topological polar surface area (TPSA) is 31.2 Å². The van der Waals surface area contributed by atoms with Gasteiger partial charge in [0.05, 0.1) is 25.5 Å². The first kappa shape index (κ1) is 22.1. The number of likely N-dealkylation sites (N-methyl/N-ethyl adjacent to an activating group) is 2. The number of benzene rings is 2. The molecule has 0 spiro atoms. The fourth-order valence-corrected chi connectivity index (χ4v) is 2.92. The van der Waals surface area contributed by atoms with E-state index in [-0.39, 0.29) is 0 Å². The molecule has 2 aromatic carbocycles. The van der Waals surface area contributed by atoms with Gasteiger partial charge in [-0.1, -0.05) is 60.7 Å². The van der Waals surface area contributed by atoms with E-state index in [1.54, 1.807) is 12.4 Å². The van der Waals surface area contributed by atoms with Gasteiger partial charge in [-0.3, -0.25) is 10.0 Å². The first-order valence-electron chi connectivity index (χ1n) is 8.87. The minimum atomic E-state index is 0.760. The van der Waals surface area contributed by atoms with Gasteiger partial charge in [-0.05, 0) is 55.1 Å². The van der Waals surface area contributed by atoms with Gasteiger partial charge in [-0.15, -0.1) is 0 Å². The molecule has 0 bridgehead atoms. The molecule has 0 heterocycles. The molecule has 0 aliphatic rings. The molecule has 2 aromatic rings. The summed E-state index contributed by atoms with van der Waals surface area (Å²) in [6.07, 6.45) is 7.67. The average molecular weight is 504 g/mol. The normalized spacial score (nSPS) is 12.7. The SMILES string of the molecule is CN(CCN(C)/N=C\C(Br)=C/c1ccccc1)/N=C\C(Br)=C\c1ccccc1. The molecular weight excluding hydrogens is 480 g/mol. The first-order chi connectivity index (χ1) is 13.5. The summed E-state index contributed by atoms with van der Waals surface area (Å²) in [5, 5.41) is 12.7. The van der Waals surface area contributed by atoms with Crippen molar-refractivity contribution in [3.05, 3.63) is 80.8 Å². The zero-order chi connectivity index (χ0) is 20.2. The predicted molar refractivity (Wildman–Crippen MR) is 129 cm³/mol. The molecule has 146 valence electrons. The van der Waals surface area contributed by atoms with Crippen LogP contribution < -0.4 is 0 Å². The molecule has 0 amide bonds. The van der Waals surface area contributed by atoms with E-state index >= 15 is 0 Å². The smallest absolute Gasteiger partial charge is 0.0612 e. The van der Waals surface area contributed by atoms with Crippen LogP contribution in [-0.4, -0.2) is 49.6 Å². The molecule has 4 nitrogen and oxygen atoms in total. The maximum Gasteiger partial charge on any atom is 0.0612 e. The van der Waals surface area contributed by atoms with Crippen molar-refractivity contribution in [1.82, 2.24) is 10.0 Å². The second kappa shape index (κ2) is 12.3. The Morgan fingerprint density at radius 1 is 0.714 bits per heavy atom. The van der Waals surface area contributed by atoms with Gasteiger partial charge >= 0.3 is 0 Å². The maximum atomic E-state index is 4.44. The second-order valence-electron chi connectivity index (χ2n) is 6.13. The lowest BCUT2D eigenvalue weighted by Gasteiger charge is -2.17. The minimum absolute atomic E-state index is 0.760. The van der Waals surface area contributed by atoms with Gasteiger partial charge in [-0.2, -0.15) is 10.2 Å². The highest BCUT2D eigenvalue weighted by atomic mass is 79.9. The van der Waals surface area contributed by atoms with Crippen LogP contribution in [0.5, 0.6) is 0 Å². The number of hydrazone groups is 2. The van der Waals surface area contributed by atoms with E-state index in [0.717, 1.165) is 33.2 Å². The Morgan fingerprint density at radius 3 is 1.43 bits per heavy atom. The molecule has 0 radical (unpaired) electrons. The van der Waals surface area contributed by atoms with Crippen molar-refractivity contribution in [3.8, 4) is 0 Å². The number of halogens is 2. The van der Waals surface area contributed by atoms with Crippen molar-refractivity contribution in [3.63, 3.8) is 0 Å². The van der Waals surface area contributed by atoms with Crippen molar-refractivity contribution in [2.45, 2.75) is 0 Å².